The lowest BCUT2D eigenvalue weighted by atomic mass is 10.1. The summed E-state index contributed by atoms with van der Waals surface area (Å²) >= 11 is 0. The third-order valence-electron chi connectivity index (χ3n) is 2.91. The highest BCUT2D eigenvalue weighted by Gasteiger charge is 2.10. The van der Waals surface area contributed by atoms with Crippen molar-refractivity contribution in [3.05, 3.63) is 23.9 Å². The van der Waals surface area contributed by atoms with E-state index in [4.69, 9.17) is 9.47 Å². The molecule has 1 aromatic heterocycles. The van der Waals surface area contributed by atoms with Gasteiger partial charge in [0.15, 0.2) is 0 Å². The number of H-pyrrole nitrogens is 1. The summed E-state index contributed by atoms with van der Waals surface area (Å²) in [4.78, 5) is 3.26. The summed E-state index contributed by atoms with van der Waals surface area (Å²) in [5.74, 6) is 1.63. The highest BCUT2D eigenvalue weighted by molar-refractivity contribution is 5.90. The van der Waals surface area contributed by atoms with Gasteiger partial charge in [-0.15, -0.1) is 0 Å². The zero-order chi connectivity index (χ0) is 12.3. The van der Waals surface area contributed by atoms with Gasteiger partial charge in [-0.3, -0.25) is 0 Å². The second kappa shape index (κ2) is 5.10. The minimum atomic E-state index is 0.815. The Morgan fingerprint density at radius 3 is 2.71 bits per heavy atom. The predicted octanol–water partition coefficient (Wildman–Crippen LogP) is 1.95. The number of hydrogen-bond donors (Lipinski definition) is 2. The molecular weight excluding hydrogens is 216 g/mol. The summed E-state index contributed by atoms with van der Waals surface area (Å²) in [5.41, 5.74) is 2.30. The van der Waals surface area contributed by atoms with E-state index in [0.29, 0.717) is 0 Å². The molecule has 0 atom stereocenters. The first-order valence-corrected chi connectivity index (χ1v) is 5.66. The van der Waals surface area contributed by atoms with Crippen molar-refractivity contribution in [3.63, 3.8) is 0 Å². The standard InChI is InChI=1S/C13H18N2O2/c1-14-5-4-9-8-15-13-11(9)6-10(16-2)7-12(13)17-3/h6-8,14-15H,4-5H2,1-3H3. The number of fused-ring (bicyclic) bond motifs is 1. The van der Waals surface area contributed by atoms with Gasteiger partial charge in [0, 0.05) is 17.6 Å². The molecule has 0 aliphatic heterocycles. The van der Waals surface area contributed by atoms with Gasteiger partial charge >= 0.3 is 0 Å². The smallest absolute Gasteiger partial charge is 0.146 e. The Labute approximate surface area is 101 Å². The maximum atomic E-state index is 5.36. The fourth-order valence-electron chi connectivity index (χ4n) is 1.97. The molecule has 0 saturated carbocycles. The third-order valence-corrected chi connectivity index (χ3v) is 2.91. The van der Waals surface area contributed by atoms with Crippen LogP contribution in [0.1, 0.15) is 5.56 Å². The monoisotopic (exact) mass is 234 g/mol. The molecule has 1 heterocycles. The fraction of sp³-hybridized carbons (Fsp3) is 0.385. The first-order valence-electron chi connectivity index (χ1n) is 5.66. The molecule has 0 saturated heterocycles. The highest BCUT2D eigenvalue weighted by Crippen LogP contribution is 2.32. The van der Waals surface area contributed by atoms with E-state index in [0.717, 1.165) is 35.4 Å². The van der Waals surface area contributed by atoms with E-state index in [2.05, 4.69) is 10.3 Å². The van der Waals surface area contributed by atoms with Gasteiger partial charge in [-0.2, -0.15) is 0 Å². The molecule has 0 aliphatic rings. The quantitative estimate of drug-likeness (QED) is 0.831. The molecule has 92 valence electrons. The van der Waals surface area contributed by atoms with Crippen molar-refractivity contribution in [2.24, 2.45) is 0 Å². The van der Waals surface area contributed by atoms with Gasteiger partial charge in [-0.25, -0.2) is 0 Å². The van der Waals surface area contributed by atoms with Gasteiger partial charge in [-0.1, -0.05) is 0 Å². The van der Waals surface area contributed by atoms with Crippen LogP contribution in [0.15, 0.2) is 18.3 Å². The lowest BCUT2D eigenvalue weighted by molar-refractivity contribution is 0.397. The van der Waals surface area contributed by atoms with Gasteiger partial charge in [0.05, 0.1) is 19.7 Å². The molecule has 4 heteroatoms. The number of aromatic nitrogens is 1. The van der Waals surface area contributed by atoms with Crippen molar-refractivity contribution in [1.82, 2.24) is 10.3 Å². The van der Waals surface area contributed by atoms with Crippen molar-refractivity contribution in [2.75, 3.05) is 27.8 Å². The Morgan fingerprint density at radius 1 is 1.24 bits per heavy atom. The van der Waals surface area contributed by atoms with E-state index in [9.17, 15) is 0 Å². The van der Waals surface area contributed by atoms with Crippen LogP contribution < -0.4 is 14.8 Å². The topological polar surface area (TPSA) is 46.3 Å². The number of methoxy groups -OCH3 is 2. The van der Waals surface area contributed by atoms with Gasteiger partial charge in [-0.05, 0) is 31.6 Å². The molecule has 0 fully saturated rings. The van der Waals surface area contributed by atoms with Crippen molar-refractivity contribution >= 4 is 10.9 Å². The molecule has 4 nitrogen and oxygen atoms in total. The van der Waals surface area contributed by atoms with Crippen LogP contribution in [0, 0.1) is 0 Å². The number of nitrogens with one attached hydrogen (secondary N) is 2. The van der Waals surface area contributed by atoms with Crippen LogP contribution in [0.3, 0.4) is 0 Å². The molecule has 0 unspecified atom stereocenters. The predicted molar refractivity (Wildman–Crippen MR) is 69.0 cm³/mol. The zero-order valence-corrected chi connectivity index (χ0v) is 10.5. The van der Waals surface area contributed by atoms with E-state index in [1.165, 1.54) is 5.56 Å². The Hall–Kier alpha value is -1.68. The minimum absolute atomic E-state index is 0.815. The first-order chi connectivity index (χ1) is 8.30. The molecule has 0 amide bonds. The summed E-state index contributed by atoms with van der Waals surface area (Å²) in [6, 6.07) is 3.93. The normalized spacial score (nSPS) is 10.8. The molecule has 0 spiro atoms. The van der Waals surface area contributed by atoms with Crippen molar-refractivity contribution in [2.45, 2.75) is 6.42 Å². The molecule has 0 radical (unpaired) electrons. The van der Waals surface area contributed by atoms with E-state index >= 15 is 0 Å². The van der Waals surface area contributed by atoms with E-state index in [1.54, 1.807) is 14.2 Å². The van der Waals surface area contributed by atoms with Crippen LogP contribution in [0.2, 0.25) is 0 Å². The second-order valence-electron chi connectivity index (χ2n) is 3.92. The first kappa shape index (κ1) is 11.8. The molecule has 2 rings (SSSR count). The third kappa shape index (κ3) is 2.22. The van der Waals surface area contributed by atoms with Crippen LogP contribution in [0.5, 0.6) is 11.5 Å². The number of ether oxygens (including phenoxy) is 2. The van der Waals surface area contributed by atoms with Crippen LogP contribution in [0.25, 0.3) is 10.9 Å². The summed E-state index contributed by atoms with van der Waals surface area (Å²) in [6.45, 7) is 0.951. The zero-order valence-electron chi connectivity index (χ0n) is 10.5. The van der Waals surface area contributed by atoms with E-state index in [1.807, 2.05) is 25.4 Å². The van der Waals surface area contributed by atoms with Crippen LogP contribution in [-0.4, -0.2) is 32.8 Å². The Bertz CT molecular complexity index is 505. The van der Waals surface area contributed by atoms with Crippen LogP contribution >= 0.6 is 0 Å². The van der Waals surface area contributed by atoms with Gasteiger partial charge in [0.1, 0.15) is 11.5 Å². The SMILES string of the molecule is CNCCc1c[nH]c2c(OC)cc(OC)cc12. The molecule has 1 aromatic carbocycles. The van der Waals surface area contributed by atoms with Crippen LogP contribution in [-0.2, 0) is 6.42 Å². The molecule has 2 aromatic rings. The molecular formula is C13H18N2O2. The molecule has 0 bridgehead atoms. The Kier molecular flexibility index (Phi) is 3.54. The largest absolute Gasteiger partial charge is 0.497 e. The average molecular weight is 234 g/mol. The molecule has 0 aliphatic carbocycles. The minimum Gasteiger partial charge on any atom is -0.497 e. The Balaban J connectivity index is 2.50. The van der Waals surface area contributed by atoms with Gasteiger partial charge in [0.25, 0.3) is 0 Å². The lowest BCUT2D eigenvalue weighted by Crippen LogP contribution is -2.09. The fourth-order valence-corrected chi connectivity index (χ4v) is 1.97. The number of likely N-dealkylation sites (N-methyl/N-ethyl adjacent to an activating group) is 1. The van der Waals surface area contributed by atoms with Gasteiger partial charge < -0.3 is 19.8 Å². The highest BCUT2D eigenvalue weighted by atomic mass is 16.5. The summed E-state index contributed by atoms with van der Waals surface area (Å²) < 4.78 is 10.6. The number of aromatic amines is 1. The van der Waals surface area contributed by atoms with E-state index < -0.39 is 0 Å². The maximum Gasteiger partial charge on any atom is 0.146 e. The van der Waals surface area contributed by atoms with Crippen molar-refractivity contribution in [3.8, 4) is 11.5 Å². The number of benzene rings is 1. The Morgan fingerprint density at radius 2 is 2.06 bits per heavy atom. The van der Waals surface area contributed by atoms with Crippen molar-refractivity contribution in [1.29, 1.82) is 0 Å². The second-order valence-corrected chi connectivity index (χ2v) is 3.92. The summed E-state index contributed by atoms with van der Waals surface area (Å²) in [6.07, 6.45) is 3.01. The average Bonchev–Trinajstić information content (AvgIpc) is 2.78. The molecule has 17 heavy (non-hydrogen) atoms. The lowest BCUT2D eigenvalue weighted by Gasteiger charge is -2.06. The van der Waals surface area contributed by atoms with Gasteiger partial charge in [0.2, 0.25) is 0 Å². The number of rotatable bonds is 5. The van der Waals surface area contributed by atoms with E-state index in [-0.39, 0.29) is 0 Å². The van der Waals surface area contributed by atoms with Crippen LogP contribution in [0.4, 0.5) is 0 Å². The molecule has 2 N–H and O–H groups in total. The number of hydrogen-bond acceptors (Lipinski definition) is 3. The van der Waals surface area contributed by atoms with Crippen molar-refractivity contribution < 1.29 is 9.47 Å². The maximum absolute atomic E-state index is 5.36. The summed E-state index contributed by atoms with van der Waals surface area (Å²) in [7, 11) is 5.29. The summed E-state index contributed by atoms with van der Waals surface area (Å²) in [5, 5.41) is 4.31.